The summed E-state index contributed by atoms with van der Waals surface area (Å²) >= 11 is 0. The summed E-state index contributed by atoms with van der Waals surface area (Å²) in [5.74, 6) is 0.363. The highest BCUT2D eigenvalue weighted by Crippen LogP contribution is 2.05. The van der Waals surface area contributed by atoms with Gasteiger partial charge in [0.05, 0.1) is 5.56 Å². The summed E-state index contributed by atoms with van der Waals surface area (Å²) in [5.41, 5.74) is 2.83. The van der Waals surface area contributed by atoms with Gasteiger partial charge in [-0.2, -0.15) is 0 Å². The number of rotatable bonds is 8. The smallest absolute Gasteiger partial charge is 0.254 e. The number of nitrogens with one attached hydrogen (secondary N) is 2. The molecule has 0 aliphatic rings. The van der Waals surface area contributed by atoms with Gasteiger partial charge in [0.2, 0.25) is 5.95 Å². The highest BCUT2D eigenvalue weighted by molar-refractivity contribution is 5.93. The van der Waals surface area contributed by atoms with E-state index in [0.29, 0.717) is 18.1 Å². The van der Waals surface area contributed by atoms with Crippen molar-refractivity contribution in [3.63, 3.8) is 0 Å². The van der Waals surface area contributed by atoms with E-state index in [1.54, 1.807) is 12.4 Å². The van der Waals surface area contributed by atoms with Gasteiger partial charge < -0.3 is 10.6 Å². The van der Waals surface area contributed by atoms with E-state index >= 15 is 0 Å². The lowest BCUT2D eigenvalue weighted by atomic mass is 10.1. The van der Waals surface area contributed by atoms with Crippen molar-refractivity contribution in [2.45, 2.75) is 19.4 Å². The molecule has 0 radical (unpaired) electrons. The van der Waals surface area contributed by atoms with Crippen LogP contribution < -0.4 is 10.6 Å². The van der Waals surface area contributed by atoms with Gasteiger partial charge in [-0.15, -0.1) is 0 Å². The van der Waals surface area contributed by atoms with Gasteiger partial charge in [0.25, 0.3) is 5.91 Å². The lowest BCUT2D eigenvalue weighted by Crippen LogP contribution is -2.23. The summed E-state index contributed by atoms with van der Waals surface area (Å²) in [6.45, 7) is 1.27. The first-order valence-corrected chi connectivity index (χ1v) is 8.73. The molecule has 0 aliphatic heterocycles. The van der Waals surface area contributed by atoms with E-state index in [1.165, 1.54) is 5.56 Å². The fourth-order valence-corrected chi connectivity index (χ4v) is 2.55. The molecule has 26 heavy (non-hydrogen) atoms. The Morgan fingerprint density at radius 2 is 1.46 bits per heavy atom. The van der Waals surface area contributed by atoms with E-state index in [1.807, 2.05) is 48.5 Å². The third-order valence-electron chi connectivity index (χ3n) is 3.98. The number of nitrogens with zero attached hydrogens (tertiary/aromatic N) is 2. The minimum absolute atomic E-state index is 0.176. The van der Waals surface area contributed by atoms with Crippen LogP contribution in [0.25, 0.3) is 0 Å². The molecule has 0 bridgehead atoms. The summed E-state index contributed by atoms with van der Waals surface area (Å²) in [5, 5.41) is 6.05. The predicted molar refractivity (Wildman–Crippen MR) is 103 cm³/mol. The summed E-state index contributed by atoms with van der Waals surface area (Å²) in [6.07, 6.45) is 5.10. The molecule has 0 aliphatic carbocycles. The Hall–Kier alpha value is -3.21. The molecule has 1 amide bonds. The van der Waals surface area contributed by atoms with Gasteiger partial charge in [0.1, 0.15) is 0 Å². The summed E-state index contributed by atoms with van der Waals surface area (Å²) in [4.78, 5) is 20.6. The average molecular weight is 346 g/mol. The van der Waals surface area contributed by atoms with E-state index in [9.17, 15) is 4.79 Å². The molecule has 0 spiro atoms. The number of carbonyl (C=O) groups is 1. The zero-order valence-electron chi connectivity index (χ0n) is 14.6. The van der Waals surface area contributed by atoms with Crippen molar-refractivity contribution in [3.8, 4) is 0 Å². The van der Waals surface area contributed by atoms with Crippen molar-refractivity contribution in [1.82, 2.24) is 15.3 Å². The quantitative estimate of drug-likeness (QED) is 0.613. The minimum Gasteiger partial charge on any atom is -0.354 e. The third-order valence-corrected chi connectivity index (χ3v) is 3.98. The molecular weight excluding hydrogens is 324 g/mol. The summed E-state index contributed by atoms with van der Waals surface area (Å²) in [7, 11) is 0. The highest BCUT2D eigenvalue weighted by atomic mass is 16.1. The largest absolute Gasteiger partial charge is 0.354 e. The monoisotopic (exact) mass is 346 g/mol. The third kappa shape index (κ3) is 5.41. The van der Waals surface area contributed by atoms with Crippen LogP contribution in [0.4, 0.5) is 5.95 Å². The molecule has 2 N–H and O–H groups in total. The van der Waals surface area contributed by atoms with Gasteiger partial charge in [0.15, 0.2) is 0 Å². The molecule has 1 heterocycles. The van der Waals surface area contributed by atoms with Crippen LogP contribution >= 0.6 is 0 Å². The molecule has 0 fully saturated rings. The molecule has 0 unspecified atom stereocenters. The molecule has 1 aromatic heterocycles. The van der Waals surface area contributed by atoms with E-state index < -0.39 is 0 Å². The van der Waals surface area contributed by atoms with Gasteiger partial charge in [-0.05, 0) is 24.0 Å². The Kier molecular flexibility index (Phi) is 6.31. The van der Waals surface area contributed by atoms with Gasteiger partial charge in [-0.3, -0.25) is 4.79 Å². The van der Waals surface area contributed by atoms with Gasteiger partial charge >= 0.3 is 0 Å². The van der Waals surface area contributed by atoms with Crippen molar-refractivity contribution >= 4 is 11.9 Å². The lowest BCUT2D eigenvalue weighted by Gasteiger charge is -2.07. The second-order valence-corrected chi connectivity index (χ2v) is 5.98. The number of benzene rings is 2. The normalized spacial score (nSPS) is 10.3. The Morgan fingerprint density at radius 3 is 2.12 bits per heavy atom. The van der Waals surface area contributed by atoms with Crippen molar-refractivity contribution in [2.24, 2.45) is 0 Å². The number of aryl methyl sites for hydroxylation is 1. The zero-order valence-corrected chi connectivity index (χ0v) is 14.6. The molecule has 0 saturated heterocycles. The predicted octanol–water partition coefficient (Wildman–Crippen LogP) is 3.45. The molecule has 0 atom stereocenters. The van der Waals surface area contributed by atoms with E-state index in [2.05, 4.69) is 32.7 Å². The molecule has 3 rings (SSSR count). The van der Waals surface area contributed by atoms with Crippen LogP contribution in [0, 0.1) is 0 Å². The van der Waals surface area contributed by atoms with Crippen LogP contribution in [0.2, 0.25) is 0 Å². The van der Waals surface area contributed by atoms with Crippen molar-refractivity contribution in [1.29, 1.82) is 0 Å². The number of hydrogen-bond acceptors (Lipinski definition) is 4. The maximum Gasteiger partial charge on any atom is 0.254 e. The fraction of sp³-hybridized carbons (Fsp3) is 0.190. The average Bonchev–Trinajstić information content (AvgIpc) is 2.71. The molecule has 132 valence electrons. The summed E-state index contributed by atoms with van der Waals surface area (Å²) < 4.78 is 0. The van der Waals surface area contributed by atoms with E-state index in [-0.39, 0.29) is 5.91 Å². The highest BCUT2D eigenvalue weighted by Gasteiger charge is 2.06. The van der Waals surface area contributed by atoms with Crippen molar-refractivity contribution in [2.75, 3.05) is 11.9 Å². The summed E-state index contributed by atoms with van der Waals surface area (Å²) in [6, 6.07) is 20.2. The molecule has 5 nitrogen and oxygen atoms in total. The molecule has 3 aromatic rings. The number of carbonyl (C=O) groups excluding carboxylic acids is 1. The number of amides is 1. The Balaban J connectivity index is 1.42. The molecule has 2 aromatic carbocycles. The number of aromatic nitrogens is 2. The van der Waals surface area contributed by atoms with E-state index in [4.69, 9.17) is 0 Å². The van der Waals surface area contributed by atoms with Crippen LogP contribution in [0.15, 0.2) is 73.1 Å². The first-order chi connectivity index (χ1) is 12.8. The second kappa shape index (κ2) is 9.32. The van der Waals surface area contributed by atoms with Crippen LogP contribution in [0.1, 0.15) is 27.9 Å². The first-order valence-electron chi connectivity index (χ1n) is 8.73. The van der Waals surface area contributed by atoms with Crippen molar-refractivity contribution in [3.05, 3.63) is 89.7 Å². The van der Waals surface area contributed by atoms with Gasteiger partial charge in [-0.1, -0.05) is 60.7 Å². The van der Waals surface area contributed by atoms with Crippen LogP contribution in [-0.4, -0.2) is 22.4 Å². The van der Waals surface area contributed by atoms with E-state index in [0.717, 1.165) is 24.9 Å². The standard InChI is InChI=1S/C21H22N4O/c26-20(23-14-18-10-5-2-6-11-18)19-15-24-21(25-16-19)22-13-7-12-17-8-3-1-4-9-17/h1-6,8-11,15-16H,7,12-14H2,(H,23,26)(H,22,24,25). The number of hydrogen-bond donors (Lipinski definition) is 2. The van der Waals surface area contributed by atoms with Crippen LogP contribution in [0.3, 0.4) is 0 Å². The topological polar surface area (TPSA) is 66.9 Å². The van der Waals surface area contributed by atoms with Crippen molar-refractivity contribution < 1.29 is 4.79 Å². The van der Waals surface area contributed by atoms with Gasteiger partial charge in [-0.25, -0.2) is 9.97 Å². The second-order valence-electron chi connectivity index (χ2n) is 5.98. The molecule has 5 heteroatoms. The minimum atomic E-state index is -0.176. The fourth-order valence-electron chi connectivity index (χ4n) is 2.55. The van der Waals surface area contributed by atoms with Crippen LogP contribution in [-0.2, 0) is 13.0 Å². The maximum atomic E-state index is 12.1. The Labute approximate surface area is 153 Å². The first kappa shape index (κ1) is 17.6. The lowest BCUT2D eigenvalue weighted by molar-refractivity contribution is 0.0950. The number of anilines is 1. The molecule has 0 saturated carbocycles. The Morgan fingerprint density at radius 1 is 0.846 bits per heavy atom. The van der Waals surface area contributed by atoms with Crippen LogP contribution in [0.5, 0.6) is 0 Å². The molecular formula is C21H22N4O. The van der Waals surface area contributed by atoms with Gasteiger partial charge in [0, 0.05) is 25.5 Å². The zero-order chi connectivity index (χ0) is 18.0. The SMILES string of the molecule is O=C(NCc1ccccc1)c1cnc(NCCCc2ccccc2)nc1. The Bertz CT molecular complexity index is 804. The maximum absolute atomic E-state index is 12.1.